The van der Waals surface area contributed by atoms with Crippen LogP contribution >= 0.6 is 0 Å². The van der Waals surface area contributed by atoms with Crippen LogP contribution in [0.5, 0.6) is 5.75 Å². The van der Waals surface area contributed by atoms with E-state index < -0.39 is 22.6 Å². The quantitative estimate of drug-likeness (QED) is 0.482. The van der Waals surface area contributed by atoms with Gasteiger partial charge in [-0.15, -0.1) is 0 Å². The molecule has 7 nitrogen and oxygen atoms in total. The lowest BCUT2D eigenvalue weighted by Crippen LogP contribution is -2.23. The van der Waals surface area contributed by atoms with Gasteiger partial charge in [-0.05, 0) is 29.7 Å². The fourth-order valence-corrected chi connectivity index (χ4v) is 3.63. The van der Waals surface area contributed by atoms with Crippen LogP contribution in [0.3, 0.4) is 0 Å². The third-order valence-corrected chi connectivity index (χ3v) is 6.23. The number of benzene rings is 2. The van der Waals surface area contributed by atoms with Crippen molar-refractivity contribution in [3.63, 3.8) is 0 Å². The van der Waals surface area contributed by atoms with Crippen molar-refractivity contribution in [1.29, 1.82) is 0 Å². The standard InChI is InChI=1S/C21H25NO6S/c1-14(2)15-6-8-16(9-7-15)18(23)13-28-21(24)17-10-11-19(27-5)20(12-17)29(25,26)22(3)4/h6-12,14H,13H2,1-5H3. The lowest BCUT2D eigenvalue weighted by Gasteiger charge is -2.15. The molecule has 0 amide bonds. The molecule has 0 radical (unpaired) electrons. The Bertz CT molecular complexity index is 994. The second kappa shape index (κ2) is 9.19. The van der Waals surface area contributed by atoms with Crippen molar-refractivity contribution in [2.75, 3.05) is 27.8 Å². The highest BCUT2D eigenvalue weighted by atomic mass is 32.2. The van der Waals surface area contributed by atoms with Crippen LogP contribution in [0, 0.1) is 0 Å². The Morgan fingerprint density at radius 1 is 1.00 bits per heavy atom. The van der Waals surface area contributed by atoms with E-state index >= 15 is 0 Å². The first kappa shape index (κ1) is 22.6. The highest BCUT2D eigenvalue weighted by Crippen LogP contribution is 2.27. The van der Waals surface area contributed by atoms with Crippen molar-refractivity contribution in [3.05, 3.63) is 59.2 Å². The second-order valence-corrected chi connectivity index (χ2v) is 9.05. The van der Waals surface area contributed by atoms with Gasteiger partial charge in [-0.1, -0.05) is 38.1 Å². The summed E-state index contributed by atoms with van der Waals surface area (Å²) >= 11 is 0. The smallest absolute Gasteiger partial charge is 0.338 e. The highest BCUT2D eigenvalue weighted by Gasteiger charge is 2.24. The molecule has 0 aliphatic heterocycles. The molecule has 0 heterocycles. The molecule has 0 spiro atoms. The van der Waals surface area contributed by atoms with Crippen LogP contribution < -0.4 is 4.74 Å². The molecule has 0 N–H and O–H groups in total. The number of rotatable bonds is 8. The Kier molecular flexibility index (Phi) is 7.16. The maximum atomic E-state index is 12.5. The van der Waals surface area contributed by atoms with Crippen LogP contribution in [-0.4, -0.2) is 52.3 Å². The molecule has 0 bridgehead atoms. The summed E-state index contributed by atoms with van der Waals surface area (Å²) in [7, 11) is 0.267. The second-order valence-electron chi connectivity index (χ2n) is 6.93. The summed E-state index contributed by atoms with van der Waals surface area (Å²) in [4.78, 5) is 24.5. The van der Waals surface area contributed by atoms with E-state index in [1.807, 2.05) is 12.1 Å². The molecule has 0 aliphatic rings. The Morgan fingerprint density at radius 3 is 2.10 bits per heavy atom. The van der Waals surface area contributed by atoms with Crippen molar-refractivity contribution in [2.45, 2.75) is 24.7 Å². The van der Waals surface area contributed by atoms with Gasteiger partial charge in [-0.2, -0.15) is 0 Å². The number of esters is 1. The van der Waals surface area contributed by atoms with Crippen LogP contribution in [0.4, 0.5) is 0 Å². The van der Waals surface area contributed by atoms with Gasteiger partial charge in [0, 0.05) is 19.7 Å². The van der Waals surface area contributed by atoms with Gasteiger partial charge in [-0.3, -0.25) is 4.79 Å². The van der Waals surface area contributed by atoms with Crippen LogP contribution in [0.2, 0.25) is 0 Å². The molecule has 0 saturated heterocycles. The molecule has 156 valence electrons. The summed E-state index contributed by atoms with van der Waals surface area (Å²) in [5.41, 5.74) is 1.55. The largest absolute Gasteiger partial charge is 0.495 e. The third kappa shape index (κ3) is 5.21. The molecule has 2 rings (SSSR count). The minimum absolute atomic E-state index is 0.00850. The van der Waals surface area contributed by atoms with Gasteiger partial charge < -0.3 is 9.47 Å². The van der Waals surface area contributed by atoms with Crippen molar-refractivity contribution in [2.24, 2.45) is 0 Å². The number of hydrogen-bond donors (Lipinski definition) is 0. The number of hydrogen-bond acceptors (Lipinski definition) is 6. The predicted molar refractivity (Wildman–Crippen MR) is 109 cm³/mol. The maximum Gasteiger partial charge on any atom is 0.338 e. The first-order valence-electron chi connectivity index (χ1n) is 8.98. The van der Waals surface area contributed by atoms with Crippen LogP contribution in [-0.2, 0) is 14.8 Å². The number of carbonyl (C=O) groups is 2. The van der Waals surface area contributed by atoms with Crippen molar-refractivity contribution < 1.29 is 27.5 Å². The first-order chi connectivity index (χ1) is 13.6. The van der Waals surface area contributed by atoms with E-state index in [0.29, 0.717) is 11.5 Å². The number of carbonyl (C=O) groups excluding carboxylic acids is 2. The lowest BCUT2D eigenvalue weighted by molar-refractivity contribution is 0.0474. The maximum absolute atomic E-state index is 12.5. The molecule has 0 unspecified atom stereocenters. The fraction of sp³-hybridized carbons (Fsp3) is 0.333. The third-order valence-electron chi connectivity index (χ3n) is 4.39. The molecule has 0 fully saturated rings. The van der Waals surface area contributed by atoms with Crippen LogP contribution in [0.1, 0.15) is 46.0 Å². The van der Waals surface area contributed by atoms with E-state index in [9.17, 15) is 18.0 Å². The molecule has 2 aromatic rings. The summed E-state index contributed by atoms with van der Waals surface area (Å²) in [5, 5.41) is 0. The van der Waals surface area contributed by atoms with Gasteiger partial charge in [0.2, 0.25) is 10.0 Å². The highest BCUT2D eigenvalue weighted by molar-refractivity contribution is 7.89. The van der Waals surface area contributed by atoms with E-state index in [2.05, 4.69) is 13.8 Å². The minimum Gasteiger partial charge on any atom is -0.495 e. The fourth-order valence-electron chi connectivity index (χ4n) is 2.55. The monoisotopic (exact) mass is 419 g/mol. The minimum atomic E-state index is -3.83. The van der Waals surface area contributed by atoms with Crippen molar-refractivity contribution in [3.8, 4) is 5.75 Å². The average molecular weight is 419 g/mol. The number of ether oxygens (including phenoxy) is 2. The van der Waals surface area contributed by atoms with E-state index in [-0.39, 0.29) is 22.0 Å². The molecular formula is C21H25NO6S. The molecule has 0 atom stereocenters. The number of ketones is 1. The SMILES string of the molecule is COc1ccc(C(=O)OCC(=O)c2ccc(C(C)C)cc2)cc1S(=O)(=O)N(C)C. The molecule has 8 heteroatoms. The van der Waals surface area contributed by atoms with Gasteiger partial charge in [0.05, 0.1) is 12.7 Å². The Morgan fingerprint density at radius 2 is 1.59 bits per heavy atom. The first-order valence-corrected chi connectivity index (χ1v) is 10.4. The van der Waals surface area contributed by atoms with Gasteiger partial charge in [0.25, 0.3) is 0 Å². The average Bonchev–Trinajstić information content (AvgIpc) is 2.71. The molecule has 0 saturated carbocycles. The molecule has 2 aromatic carbocycles. The van der Waals surface area contributed by atoms with E-state index in [1.54, 1.807) is 12.1 Å². The van der Waals surface area contributed by atoms with Crippen molar-refractivity contribution >= 4 is 21.8 Å². The molecular weight excluding hydrogens is 394 g/mol. The molecule has 0 aliphatic carbocycles. The number of nitrogens with zero attached hydrogens (tertiary/aromatic N) is 1. The predicted octanol–water partition coefficient (Wildman–Crippen LogP) is 3.11. The zero-order valence-corrected chi connectivity index (χ0v) is 17.9. The molecule has 0 aromatic heterocycles. The van der Waals surface area contributed by atoms with E-state index in [1.165, 1.54) is 39.4 Å². The topological polar surface area (TPSA) is 90.0 Å². The summed E-state index contributed by atoms with van der Waals surface area (Å²) in [5.74, 6) is -0.686. The van der Waals surface area contributed by atoms with E-state index in [4.69, 9.17) is 9.47 Å². The Labute approximate surface area is 171 Å². The van der Waals surface area contributed by atoms with Gasteiger partial charge in [0.15, 0.2) is 12.4 Å². The normalized spacial score (nSPS) is 11.6. The van der Waals surface area contributed by atoms with Crippen LogP contribution in [0.15, 0.2) is 47.4 Å². The number of Topliss-reactive ketones (excluding diaryl/α,β-unsaturated/α-hetero) is 1. The molecule has 29 heavy (non-hydrogen) atoms. The van der Waals surface area contributed by atoms with Gasteiger partial charge >= 0.3 is 5.97 Å². The Balaban J connectivity index is 2.15. The summed E-state index contributed by atoms with van der Waals surface area (Å²) in [6.45, 7) is 3.66. The Hall–Kier alpha value is -2.71. The summed E-state index contributed by atoms with van der Waals surface area (Å²) in [6.07, 6.45) is 0. The van der Waals surface area contributed by atoms with Crippen molar-refractivity contribution in [1.82, 2.24) is 4.31 Å². The number of methoxy groups -OCH3 is 1. The number of sulfonamides is 1. The van der Waals surface area contributed by atoms with E-state index in [0.717, 1.165) is 9.87 Å². The van der Waals surface area contributed by atoms with Crippen LogP contribution in [0.25, 0.3) is 0 Å². The summed E-state index contributed by atoms with van der Waals surface area (Å²) in [6, 6.07) is 11.1. The zero-order valence-electron chi connectivity index (χ0n) is 17.1. The zero-order chi connectivity index (χ0) is 21.8. The summed E-state index contributed by atoms with van der Waals surface area (Å²) < 4.78 is 36.1. The lowest BCUT2D eigenvalue weighted by atomic mass is 10.0. The van der Waals surface area contributed by atoms with Gasteiger partial charge in [-0.25, -0.2) is 17.5 Å². The van der Waals surface area contributed by atoms with Gasteiger partial charge in [0.1, 0.15) is 10.6 Å².